The zero-order valence-corrected chi connectivity index (χ0v) is 17.1. The lowest BCUT2D eigenvalue weighted by atomic mass is 10.1. The largest absolute Gasteiger partial charge is 0.492 e. The topological polar surface area (TPSA) is 75.9 Å². The van der Waals surface area contributed by atoms with Crippen LogP contribution in [0.5, 0.6) is 5.75 Å². The second kappa shape index (κ2) is 9.34. The van der Waals surface area contributed by atoms with Gasteiger partial charge in [-0.25, -0.2) is 13.6 Å². The van der Waals surface area contributed by atoms with Crippen LogP contribution < -0.4 is 9.88 Å². The zero-order valence-electron chi connectivity index (χ0n) is 16.3. The SMILES string of the molecule is NS(=O)(=O)c1ccc(OCCN2CCN(Cc3ccc(C(F)(F)F)cc3)CC2)cc1. The fourth-order valence-corrected chi connectivity index (χ4v) is 3.76. The molecule has 10 heteroatoms. The van der Waals surface area contributed by atoms with Crippen LogP contribution in [0.1, 0.15) is 11.1 Å². The van der Waals surface area contributed by atoms with Crippen LogP contribution in [0.15, 0.2) is 53.4 Å². The van der Waals surface area contributed by atoms with Gasteiger partial charge in [0, 0.05) is 39.3 Å². The van der Waals surface area contributed by atoms with E-state index in [0.717, 1.165) is 50.4 Å². The molecule has 1 heterocycles. The number of benzene rings is 2. The number of primary sulfonamides is 1. The normalized spacial score (nSPS) is 16.5. The molecule has 0 radical (unpaired) electrons. The van der Waals surface area contributed by atoms with E-state index in [1.165, 1.54) is 24.3 Å². The number of sulfonamides is 1. The lowest BCUT2D eigenvalue weighted by molar-refractivity contribution is -0.137. The highest BCUT2D eigenvalue weighted by Gasteiger charge is 2.30. The van der Waals surface area contributed by atoms with Gasteiger partial charge < -0.3 is 4.74 Å². The van der Waals surface area contributed by atoms with Crippen LogP contribution in [0.2, 0.25) is 0 Å². The van der Waals surface area contributed by atoms with E-state index in [2.05, 4.69) is 9.80 Å². The molecule has 30 heavy (non-hydrogen) atoms. The summed E-state index contributed by atoms with van der Waals surface area (Å²) >= 11 is 0. The highest BCUT2D eigenvalue weighted by molar-refractivity contribution is 7.89. The number of nitrogens with zero attached hydrogens (tertiary/aromatic N) is 2. The quantitative estimate of drug-likeness (QED) is 0.712. The van der Waals surface area contributed by atoms with E-state index in [1.54, 1.807) is 12.1 Å². The predicted octanol–water partition coefficient (Wildman–Crippen LogP) is 2.55. The minimum absolute atomic E-state index is 0.0408. The van der Waals surface area contributed by atoms with Crippen molar-refractivity contribution in [2.45, 2.75) is 17.6 Å². The molecule has 0 amide bonds. The summed E-state index contributed by atoms with van der Waals surface area (Å²) in [5, 5.41) is 5.06. The molecule has 6 nitrogen and oxygen atoms in total. The first-order valence-corrected chi connectivity index (χ1v) is 11.0. The summed E-state index contributed by atoms with van der Waals surface area (Å²) in [6.45, 7) is 5.15. The van der Waals surface area contributed by atoms with Gasteiger partial charge in [0.15, 0.2) is 0 Å². The molecule has 0 bridgehead atoms. The Morgan fingerprint density at radius 3 is 2.00 bits per heavy atom. The molecular formula is C20H24F3N3O3S. The van der Waals surface area contributed by atoms with Crippen molar-refractivity contribution >= 4 is 10.0 Å². The molecule has 0 saturated carbocycles. The zero-order chi connectivity index (χ0) is 21.8. The Labute approximate surface area is 174 Å². The third kappa shape index (κ3) is 6.43. The second-order valence-corrected chi connectivity index (χ2v) is 8.74. The van der Waals surface area contributed by atoms with Gasteiger partial charge in [0.25, 0.3) is 0 Å². The van der Waals surface area contributed by atoms with Crippen LogP contribution in [-0.4, -0.2) is 57.5 Å². The number of halogens is 3. The molecule has 2 N–H and O–H groups in total. The molecule has 0 aliphatic carbocycles. The van der Waals surface area contributed by atoms with E-state index in [9.17, 15) is 21.6 Å². The second-order valence-electron chi connectivity index (χ2n) is 7.18. The van der Waals surface area contributed by atoms with Gasteiger partial charge in [-0.2, -0.15) is 13.2 Å². The van der Waals surface area contributed by atoms with Crippen LogP contribution in [0.25, 0.3) is 0 Å². The lowest BCUT2D eigenvalue weighted by Crippen LogP contribution is -2.47. The first kappa shape index (κ1) is 22.5. The number of nitrogens with two attached hydrogens (primary N) is 1. The van der Waals surface area contributed by atoms with Crippen molar-refractivity contribution in [1.29, 1.82) is 0 Å². The molecule has 0 unspecified atom stereocenters. The van der Waals surface area contributed by atoms with Gasteiger partial charge in [-0.1, -0.05) is 12.1 Å². The molecule has 2 aromatic rings. The molecule has 0 aromatic heterocycles. The van der Waals surface area contributed by atoms with E-state index in [-0.39, 0.29) is 4.90 Å². The van der Waals surface area contributed by atoms with E-state index in [0.29, 0.717) is 18.9 Å². The Balaban J connectivity index is 1.38. The first-order chi connectivity index (χ1) is 14.1. The summed E-state index contributed by atoms with van der Waals surface area (Å²) in [7, 11) is -3.71. The van der Waals surface area contributed by atoms with Crippen molar-refractivity contribution in [3.63, 3.8) is 0 Å². The molecule has 0 atom stereocenters. The Hall–Kier alpha value is -2.14. The van der Waals surface area contributed by atoms with Crippen LogP contribution in [0.3, 0.4) is 0 Å². The number of rotatable bonds is 7. The van der Waals surface area contributed by atoms with Crippen molar-refractivity contribution in [2.75, 3.05) is 39.3 Å². The van der Waals surface area contributed by atoms with Crippen LogP contribution >= 0.6 is 0 Å². The van der Waals surface area contributed by atoms with E-state index >= 15 is 0 Å². The highest BCUT2D eigenvalue weighted by Crippen LogP contribution is 2.29. The summed E-state index contributed by atoms with van der Waals surface area (Å²) in [5.41, 5.74) is 0.234. The minimum Gasteiger partial charge on any atom is -0.492 e. The third-order valence-corrected chi connectivity index (χ3v) is 5.91. The maximum Gasteiger partial charge on any atom is 0.416 e. The van der Waals surface area contributed by atoms with Gasteiger partial charge in [-0.15, -0.1) is 0 Å². The van der Waals surface area contributed by atoms with Gasteiger partial charge in [-0.3, -0.25) is 9.80 Å². The lowest BCUT2D eigenvalue weighted by Gasteiger charge is -2.34. The molecular weight excluding hydrogens is 419 g/mol. The average molecular weight is 443 g/mol. The maximum atomic E-state index is 12.6. The van der Waals surface area contributed by atoms with Gasteiger partial charge in [0.05, 0.1) is 10.5 Å². The molecule has 1 fully saturated rings. The molecule has 0 spiro atoms. The summed E-state index contributed by atoms with van der Waals surface area (Å²) < 4.78 is 66.1. The van der Waals surface area contributed by atoms with Crippen molar-refractivity contribution < 1.29 is 26.3 Å². The van der Waals surface area contributed by atoms with Gasteiger partial charge in [0.1, 0.15) is 12.4 Å². The Kier molecular flexibility index (Phi) is 7.02. The molecule has 1 aliphatic heterocycles. The van der Waals surface area contributed by atoms with Crippen molar-refractivity contribution in [3.8, 4) is 5.75 Å². The average Bonchev–Trinajstić information content (AvgIpc) is 2.69. The number of hydrogen-bond donors (Lipinski definition) is 1. The maximum absolute atomic E-state index is 12.6. The Bertz CT molecular complexity index is 925. The highest BCUT2D eigenvalue weighted by atomic mass is 32.2. The number of alkyl halides is 3. The first-order valence-electron chi connectivity index (χ1n) is 9.48. The van der Waals surface area contributed by atoms with Gasteiger partial charge in [0.2, 0.25) is 10.0 Å². The van der Waals surface area contributed by atoms with Gasteiger partial charge in [-0.05, 0) is 42.0 Å². The molecule has 1 aliphatic rings. The standard InChI is InChI=1S/C20H24F3N3O3S/c21-20(22,23)17-3-1-16(2-4-17)15-26-11-9-25(10-12-26)13-14-29-18-5-7-19(8-6-18)30(24,27)28/h1-8H,9-15H2,(H2,24,27,28). The predicted molar refractivity (Wildman–Crippen MR) is 106 cm³/mol. The van der Waals surface area contributed by atoms with Crippen molar-refractivity contribution in [2.24, 2.45) is 5.14 Å². The number of piperazine rings is 1. The van der Waals surface area contributed by atoms with Crippen molar-refractivity contribution in [1.82, 2.24) is 9.80 Å². The van der Waals surface area contributed by atoms with Crippen LogP contribution in [-0.2, 0) is 22.7 Å². The monoisotopic (exact) mass is 443 g/mol. The molecule has 1 saturated heterocycles. The number of hydrogen-bond acceptors (Lipinski definition) is 5. The third-order valence-electron chi connectivity index (χ3n) is 4.98. The van der Waals surface area contributed by atoms with E-state index in [4.69, 9.17) is 9.88 Å². The summed E-state index contributed by atoms with van der Waals surface area (Å²) in [5.74, 6) is 0.573. The summed E-state index contributed by atoms with van der Waals surface area (Å²) in [4.78, 5) is 4.51. The van der Waals surface area contributed by atoms with Gasteiger partial charge >= 0.3 is 6.18 Å². The fourth-order valence-electron chi connectivity index (χ4n) is 3.25. The minimum atomic E-state index is -4.31. The van der Waals surface area contributed by atoms with Crippen molar-refractivity contribution in [3.05, 3.63) is 59.7 Å². The molecule has 3 rings (SSSR count). The Morgan fingerprint density at radius 2 is 1.47 bits per heavy atom. The Morgan fingerprint density at radius 1 is 0.900 bits per heavy atom. The van der Waals surface area contributed by atoms with E-state index in [1.807, 2.05) is 0 Å². The molecule has 164 valence electrons. The summed E-state index contributed by atoms with van der Waals surface area (Å²) in [6, 6.07) is 11.3. The number of ether oxygens (including phenoxy) is 1. The van der Waals surface area contributed by atoms with Crippen LogP contribution in [0, 0.1) is 0 Å². The van der Waals surface area contributed by atoms with Crippen LogP contribution in [0.4, 0.5) is 13.2 Å². The van der Waals surface area contributed by atoms with E-state index < -0.39 is 21.8 Å². The summed E-state index contributed by atoms with van der Waals surface area (Å²) in [6.07, 6.45) is -4.31. The molecule has 2 aromatic carbocycles. The smallest absolute Gasteiger partial charge is 0.416 e. The fraction of sp³-hybridized carbons (Fsp3) is 0.400.